The van der Waals surface area contributed by atoms with E-state index in [0.717, 1.165) is 34.3 Å². The molecule has 4 atom stereocenters. The molecule has 2 aliphatic rings. The lowest BCUT2D eigenvalue weighted by Gasteiger charge is -2.48. The summed E-state index contributed by atoms with van der Waals surface area (Å²) in [5.41, 5.74) is 6.45. The third-order valence-electron chi connectivity index (χ3n) is 8.33. The van der Waals surface area contributed by atoms with Gasteiger partial charge in [-0.25, -0.2) is 4.79 Å². The number of para-hydroxylation sites is 1. The fraction of sp³-hybridized carbons (Fsp3) is 0.312. The quantitative estimate of drug-likeness (QED) is 0.372. The van der Waals surface area contributed by atoms with E-state index in [9.17, 15) is 14.7 Å². The van der Waals surface area contributed by atoms with Gasteiger partial charge in [-0.05, 0) is 36.5 Å². The highest BCUT2D eigenvalue weighted by molar-refractivity contribution is 5.97. The summed E-state index contributed by atoms with van der Waals surface area (Å²) in [5, 5.41) is 11.9. The highest BCUT2D eigenvalue weighted by atomic mass is 16.6. The van der Waals surface area contributed by atoms with Gasteiger partial charge in [0.15, 0.2) is 0 Å². The first-order valence-corrected chi connectivity index (χ1v) is 13.5. The van der Waals surface area contributed by atoms with Gasteiger partial charge in [-0.1, -0.05) is 78.9 Å². The standard InChI is InChI=1S/C32H33N3O4/c1-20(36)28-26(34(2)32(38)39-19-21-10-5-3-6-11-21)18-27-30-25(16-17-35(27)31(28)37)24-15-9-14-23(29(24)33-30)22-12-7-4-8-13-22/h3-15,20,26-28,33,36H,16-19H2,1-2H3/t20-,26-,27-,28-/m0/s1. The van der Waals surface area contributed by atoms with E-state index in [2.05, 4.69) is 35.3 Å². The van der Waals surface area contributed by atoms with E-state index in [1.807, 2.05) is 53.4 Å². The lowest BCUT2D eigenvalue weighted by Crippen LogP contribution is -2.59. The number of fused-ring (bicyclic) bond motifs is 5. The average Bonchev–Trinajstić information content (AvgIpc) is 3.35. The van der Waals surface area contributed by atoms with E-state index in [0.29, 0.717) is 13.0 Å². The molecule has 0 saturated carbocycles. The highest BCUT2D eigenvalue weighted by Crippen LogP contribution is 2.44. The summed E-state index contributed by atoms with van der Waals surface area (Å²) >= 11 is 0. The molecule has 7 nitrogen and oxygen atoms in total. The Morgan fingerprint density at radius 3 is 2.51 bits per heavy atom. The summed E-state index contributed by atoms with van der Waals surface area (Å²) in [6.45, 7) is 2.36. The number of benzene rings is 3. The number of nitrogens with one attached hydrogen (secondary N) is 1. The number of aromatic nitrogens is 1. The van der Waals surface area contributed by atoms with Gasteiger partial charge < -0.3 is 24.6 Å². The molecule has 1 saturated heterocycles. The molecule has 200 valence electrons. The molecule has 1 fully saturated rings. The second-order valence-corrected chi connectivity index (χ2v) is 10.6. The molecule has 0 radical (unpaired) electrons. The van der Waals surface area contributed by atoms with Crippen molar-refractivity contribution in [1.82, 2.24) is 14.8 Å². The lowest BCUT2D eigenvalue weighted by molar-refractivity contribution is -0.152. The minimum absolute atomic E-state index is 0.124. The number of carbonyl (C=O) groups excluding carboxylic acids is 2. The molecule has 2 aliphatic heterocycles. The maximum Gasteiger partial charge on any atom is 0.410 e. The first-order valence-electron chi connectivity index (χ1n) is 13.5. The molecular formula is C32H33N3O4. The number of H-pyrrole nitrogens is 1. The Labute approximate surface area is 228 Å². The number of ether oxygens (including phenoxy) is 1. The van der Waals surface area contributed by atoms with Gasteiger partial charge in [0.1, 0.15) is 6.61 Å². The zero-order valence-corrected chi connectivity index (χ0v) is 22.2. The molecular weight excluding hydrogens is 490 g/mol. The van der Waals surface area contributed by atoms with Gasteiger partial charge in [-0.15, -0.1) is 0 Å². The zero-order valence-electron chi connectivity index (χ0n) is 22.2. The van der Waals surface area contributed by atoms with Crippen LogP contribution in [0.1, 0.15) is 36.2 Å². The number of hydrogen-bond acceptors (Lipinski definition) is 4. The number of amides is 2. The molecule has 2 amide bonds. The van der Waals surface area contributed by atoms with Crippen LogP contribution in [0.5, 0.6) is 0 Å². The van der Waals surface area contributed by atoms with Crippen molar-refractivity contribution in [2.75, 3.05) is 13.6 Å². The highest BCUT2D eigenvalue weighted by Gasteiger charge is 2.49. The minimum atomic E-state index is -0.901. The molecule has 3 heterocycles. The second-order valence-electron chi connectivity index (χ2n) is 10.6. The van der Waals surface area contributed by atoms with Crippen LogP contribution in [0.4, 0.5) is 4.79 Å². The molecule has 0 unspecified atom stereocenters. The number of carbonyl (C=O) groups is 2. The number of piperidine rings is 1. The van der Waals surface area contributed by atoms with E-state index in [-0.39, 0.29) is 18.6 Å². The van der Waals surface area contributed by atoms with Crippen LogP contribution in [0.3, 0.4) is 0 Å². The molecule has 4 aromatic rings. The molecule has 0 spiro atoms. The second kappa shape index (κ2) is 10.2. The molecule has 7 heteroatoms. The van der Waals surface area contributed by atoms with Gasteiger partial charge >= 0.3 is 6.09 Å². The Morgan fingerprint density at radius 1 is 1.08 bits per heavy atom. The van der Waals surface area contributed by atoms with E-state index in [1.54, 1.807) is 14.0 Å². The Bertz CT molecular complexity index is 1500. The van der Waals surface area contributed by atoms with Crippen LogP contribution in [0.2, 0.25) is 0 Å². The van der Waals surface area contributed by atoms with Crippen molar-refractivity contribution in [3.05, 3.63) is 95.7 Å². The predicted octanol–water partition coefficient (Wildman–Crippen LogP) is 5.30. The van der Waals surface area contributed by atoms with Crippen molar-refractivity contribution in [3.63, 3.8) is 0 Å². The van der Waals surface area contributed by atoms with E-state index >= 15 is 0 Å². The maximum atomic E-state index is 13.8. The number of nitrogens with zero attached hydrogens (tertiary/aromatic N) is 2. The SMILES string of the molecule is C[C@H](O)[C@@H]1C(=O)N2CCc3c([nH]c4c(-c5ccccc5)cccc34)[C@@H]2C[C@@H]1N(C)C(=O)OCc1ccccc1. The van der Waals surface area contributed by atoms with Crippen molar-refractivity contribution in [3.8, 4) is 11.1 Å². The molecule has 2 N–H and O–H groups in total. The molecule has 0 aliphatic carbocycles. The minimum Gasteiger partial charge on any atom is -0.445 e. The first kappa shape index (κ1) is 25.2. The van der Waals surface area contributed by atoms with Gasteiger partial charge in [-0.2, -0.15) is 0 Å². The van der Waals surface area contributed by atoms with Gasteiger partial charge in [0.25, 0.3) is 0 Å². The summed E-state index contributed by atoms with van der Waals surface area (Å²) in [4.78, 5) is 34.0. The van der Waals surface area contributed by atoms with Crippen molar-refractivity contribution >= 4 is 22.9 Å². The van der Waals surface area contributed by atoms with Crippen LogP contribution in [-0.2, 0) is 22.6 Å². The first-order chi connectivity index (χ1) is 18.9. The average molecular weight is 524 g/mol. The summed E-state index contributed by atoms with van der Waals surface area (Å²) in [7, 11) is 1.67. The summed E-state index contributed by atoms with van der Waals surface area (Å²) in [6.07, 6.45) is -0.155. The number of hydrogen-bond donors (Lipinski definition) is 2. The lowest BCUT2D eigenvalue weighted by atomic mass is 9.79. The van der Waals surface area contributed by atoms with Crippen LogP contribution in [0.15, 0.2) is 78.9 Å². The molecule has 6 rings (SSSR count). The molecule has 3 aromatic carbocycles. The van der Waals surface area contributed by atoms with Crippen LogP contribution in [0, 0.1) is 5.92 Å². The molecule has 39 heavy (non-hydrogen) atoms. The Hall–Kier alpha value is -4.10. The van der Waals surface area contributed by atoms with E-state index in [4.69, 9.17) is 4.74 Å². The Balaban J connectivity index is 1.33. The van der Waals surface area contributed by atoms with Crippen molar-refractivity contribution in [2.24, 2.45) is 5.92 Å². The molecule has 0 bridgehead atoms. The summed E-state index contributed by atoms with van der Waals surface area (Å²) < 4.78 is 5.60. The van der Waals surface area contributed by atoms with Crippen LogP contribution in [0.25, 0.3) is 22.0 Å². The largest absolute Gasteiger partial charge is 0.445 e. The van der Waals surface area contributed by atoms with E-state index in [1.165, 1.54) is 15.8 Å². The van der Waals surface area contributed by atoms with E-state index < -0.39 is 24.2 Å². The van der Waals surface area contributed by atoms with Gasteiger partial charge in [0, 0.05) is 30.2 Å². The third kappa shape index (κ3) is 4.46. The number of aliphatic hydroxyl groups is 1. The Kier molecular flexibility index (Phi) is 6.61. The van der Waals surface area contributed by atoms with Gasteiger partial charge in [0.05, 0.1) is 29.6 Å². The van der Waals surface area contributed by atoms with Gasteiger partial charge in [0.2, 0.25) is 5.91 Å². The fourth-order valence-electron chi connectivity index (χ4n) is 6.37. The van der Waals surface area contributed by atoms with Crippen molar-refractivity contribution in [1.29, 1.82) is 0 Å². The summed E-state index contributed by atoms with van der Waals surface area (Å²) in [6, 6.07) is 25.4. The van der Waals surface area contributed by atoms with Crippen LogP contribution < -0.4 is 0 Å². The normalized spacial score (nSPS) is 21.3. The Morgan fingerprint density at radius 2 is 1.79 bits per heavy atom. The number of aliphatic hydroxyl groups excluding tert-OH is 1. The number of aromatic amines is 1. The molecule has 1 aromatic heterocycles. The monoisotopic (exact) mass is 523 g/mol. The smallest absolute Gasteiger partial charge is 0.410 e. The maximum absolute atomic E-state index is 13.8. The van der Waals surface area contributed by atoms with Crippen LogP contribution >= 0.6 is 0 Å². The predicted molar refractivity (Wildman–Crippen MR) is 150 cm³/mol. The van der Waals surface area contributed by atoms with Crippen molar-refractivity contribution in [2.45, 2.75) is 44.6 Å². The topological polar surface area (TPSA) is 85.9 Å². The van der Waals surface area contributed by atoms with Gasteiger partial charge in [-0.3, -0.25) is 4.79 Å². The third-order valence-corrected chi connectivity index (χ3v) is 8.33. The number of rotatable bonds is 5. The summed E-state index contributed by atoms with van der Waals surface area (Å²) in [5.74, 6) is -0.845. The fourth-order valence-corrected chi connectivity index (χ4v) is 6.37. The van der Waals surface area contributed by atoms with Crippen molar-refractivity contribution < 1.29 is 19.4 Å². The zero-order chi connectivity index (χ0) is 27.1. The van der Waals surface area contributed by atoms with Crippen LogP contribution in [-0.4, -0.2) is 57.6 Å².